The molecule has 1 saturated carbocycles. The van der Waals surface area contributed by atoms with E-state index < -0.39 is 5.95 Å². The average molecular weight is 384 g/mol. The molecule has 0 bridgehead atoms. The Bertz CT molecular complexity index is 976. The van der Waals surface area contributed by atoms with Crippen LogP contribution in [0.5, 0.6) is 0 Å². The van der Waals surface area contributed by atoms with Gasteiger partial charge in [-0.05, 0) is 37.1 Å². The van der Waals surface area contributed by atoms with Crippen molar-refractivity contribution in [2.75, 3.05) is 5.32 Å². The van der Waals surface area contributed by atoms with Gasteiger partial charge in [-0.1, -0.05) is 25.3 Å². The molecule has 1 N–H and O–H groups in total. The fraction of sp³-hybridized carbons (Fsp3) is 0.444. The lowest BCUT2D eigenvalue weighted by molar-refractivity contribution is -0.117. The number of halogens is 1. The SMILES string of the molecule is Cc1cc(NC(=O)Cn2nnc(-c3cccc(F)n3)n2)n(C2CCCCC2)n1. The molecule has 3 heterocycles. The first-order valence-corrected chi connectivity index (χ1v) is 9.35. The van der Waals surface area contributed by atoms with E-state index in [1.807, 2.05) is 17.7 Å². The molecule has 1 amide bonds. The minimum atomic E-state index is -0.627. The van der Waals surface area contributed by atoms with Crippen molar-refractivity contribution in [2.24, 2.45) is 0 Å². The molecule has 0 saturated heterocycles. The Balaban J connectivity index is 1.44. The summed E-state index contributed by atoms with van der Waals surface area (Å²) in [4.78, 5) is 17.3. The van der Waals surface area contributed by atoms with Crippen LogP contribution in [0.3, 0.4) is 0 Å². The summed E-state index contributed by atoms with van der Waals surface area (Å²) in [6.07, 6.45) is 5.74. The number of pyridine rings is 1. The van der Waals surface area contributed by atoms with Gasteiger partial charge in [0.05, 0.1) is 11.7 Å². The van der Waals surface area contributed by atoms with E-state index in [4.69, 9.17) is 0 Å². The molecule has 4 rings (SSSR count). The van der Waals surface area contributed by atoms with E-state index in [0.717, 1.165) is 23.3 Å². The molecule has 9 nitrogen and oxygen atoms in total. The number of rotatable bonds is 5. The van der Waals surface area contributed by atoms with E-state index >= 15 is 0 Å². The van der Waals surface area contributed by atoms with Gasteiger partial charge in [-0.25, -0.2) is 9.67 Å². The highest BCUT2D eigenvalue weighted by Gasteiger charge is 2.20. The average Bonchev–Trinajstić information content (AvgIpc) is 3.29. The molecule has 1 aliphatic carbocycles. The van der Waals surface area contributed by atoms with E-state index in [1.54, 1.807) is 6.07 Å². The van der Waals surface area contributed by atoms with Gasteiger partial charge in [0.15, 0.2) is 0 Å². The molecule has 28 heavy (non-hydrogen) atoms. The van der Waals surface area contributed by atoms with Crippen LogP contribution < -0.4 is 5.32 Å². The van der Waals surface area contributed by atoms with Crippen molar-refractivity contribution >= 4 is 11.7 Å². The third-order valence-corrected chi connectivity index (χ3v) is 4.73. The smallest absolute Gasteiger partial charge is 0.249 e. The lowest BCUT2D eigenvalue weighted by atomic mass is 9.96. The number of carbonyl (C=O) groups excluding carboxylic acids is 1. The summed E-state index contributed by atoms with van der Waals surface area (Å²) >= 11 is 0. The van der Waals surface area contributed by atoms with Gasteiger partial charge >= 0.3 is 0 Å². The van der Waals surface area contributed by atoms with Crippen molar-refractivity contribution in [1.82, 2.24) is 35.0 Å². The molecule has 0 aliphatic heterocycles. The summed E-state index contributed by atoms with van der Waals surface area (Å²) in [6.45, 7) is 1.80. The summed E-state index contributed by atoms with van der Waals surface area (Å²) in [6, 6.07) is 6.51. The van der Waals surface area contributed by atoms with Crippen LogP contribution in [0.1, 0.15) is 43.8 Å². The minimum Gasteiger partial charge on any atom is -0.309 e. The monoisotopic (exact) mass is 384 g/mol. The molecule has 3 aromatic rings. The maximum absolute atomic E-state index is 13.2. The molecule has 146 valence electrons. The van der Waals surface area contributed by atoms with Crippen LogP contribution in [-0.4, -0.2) is 40.9 Å². The molecule has 3 aromatic heterocycles. The van der Waals surface area contributed by atoms with Gasteiger partial charge in [-0.15, -0.1) is 10.2 Å². The van der Waals surface area contributed by atoms with Crippen LogP contribution in [0, 0.1) is 12.9 Å². The maximum atomic E-state index is 13.2. The molecule has 10 heteroatoms. The number of anilines is 1. The second-order valence-corrected chi connectivity index (χ2v) is 6.94. The van der Waals surface area contributed by atoms with Crippen molar-refractivity contribution in [3.05, 3.63) is 35.9 Å². The van der Waals surface area contributed by atoms with Crippen LogP contribution in [0.2, 0.25) is 0 Å². The lowest BCUT2D eigenvalue weighted by Gasteiger charge is -2.23. The van der Waals surface area contributed by atoms with E-state index in [1.165, 1.54) is 31.4 Å². The Labute approximate surface area is 161 Å². The molecule has 0 unspecified atom stereocenters. The van der Waals surface area contributed by atoms with Gasteiger partial charge in [0.2, 0.25) is 17.7 Å². The quantitative estimate of drug-likeness (QED) is 0.678. The molecule has 1 fully saturated rings. The largest absolute Gasteiger partial charge is 0.309 e. The van der Waals surface area contributed by atoms with Crippen molar-refractivity contribution in [3.8, 4) is 11.5 Å². The molecular weight excluding hydrogens is 363 g/mol. The van der Waals surface area contributed by atoms with Gasteiger partial charge in [0.25, 0.3) is 0 Å². The normalized spacial score (nSPS) is 14.9. The summed E-state index contributed by atoms with van der Waals surface area (Å²) in [5.74, 6) is -0.0667. The number of carbonyl (C=O) groups is 1. The van der Waals surface area contributed by atoms with Gasteiger partial charge in [0, 0.05) is 6.07 Å². The third-order valence-electron chi connectivity index (χ3n) is 4.73. The van der Waals surface area contributed by atoms with Crippen molar-refractivity contribution in [1.29, 1.82) is 0 Å². The second-order valence-electron chi connectivity index (χ2n) is 6.94. The fourth-order valence-electron chi connectivity index (χ4n) is 3.47. The van der Waals surface area contributed by atoms with Crippen LogP contribution in [0.4, 0.5) is 10.2 Å². The van der Waals surface area contributed by atoms with Crippen LogP contribution >= 0.6 is 0 Å². The fourth-order valence-corrected chi connectivity index (χ4v) is 3.47. The predicted molar refractivity (Wildman–Crippen MR) is 98.7 cm³/mol. The number of hydrogen-bond acceptors (Lipinski definition) is 6. The Morgan fingerprint density at radius 3 is 2.86 bits per heavy atom. The summed E-state index contributed by atoms with van der Waals surface area (Å²) in [7, 11) is 0. The van der Waals surface area contributed by atoms with Crippen molar-refractivity contribution in [2.45, 2.75) is 51.6 Å². The topological polar surface area (TPSA) is 103 Å². The van der Waals surface area contributed by atoms with Crippen LogP contribution in [-0.2, 0) is 11.3 Å². The van der Waals surface area contributed by atoms with Gasteiger partial charge in [-0.3, -0.25) is 4.79 Å². The van der Waals surface area contributed by atoms with Gasteiger partial charge in [0.1, 0.15) is 18.1 Å². The second kappa shape index (κ2) is 7.83. The molecule has 0 spiro atoms. The minimum absolute atomic E-state index is 0.114. The highest BCUT2D eigenvalue weighted by atomic mass is 19.1. The number of nitrogens with one attached hydrogen (secondary N) is 1. The van der Waals surface area contributed by atoms with Crippen molar-refractivity contribution in [3.63, 3.8) is 0 Å². The van der Waals surface area contributed by atoms with E-state index in [0.29, 0.717) is 11.9 Å². The Kier molecular flexibility index (Phi) is 5.09. The molecule has 0 atom stereocenters. The van der Waals surface area contributed by atoms with Gasteiger partial charge < -0.3 is 5.32 Å². The van der Waals surface area contributed by atoms with Crippen molar-refractivity contribution < 1.29 is 9.18 Å². The number of nitrogens with zero attached hydrogens (tertiary/aromatic N) is 7. The molecule has 0 aromatic carbocycles. The van der Waals surface area contributed by atoms with E-state index in [2.05, 4.69) is 30.8 Å². The lowest BCUT2D eigenvalue weighted by Crippen LogP contribution is -2.24. The zero-order chi connectivity index (χ0) is 19.5. The summed E-state index contributed by atoms with van der Waals surface area (Å²) < 4.78 is 15.2. The first-order chi connectivity index (χ1) is 13.6. The number of amides is 1. The Hall–Kier alpha value is -3.17. The first-order valence-electron chi connectivity index (χ1n) is 9.35. The molecule has 0 radical (unpaired) electrons. The molecule has 1 aliphatic rings. The zero-order valence-corrected chi connectivity index (χ0v) is 15.5. The van der Waals surface area contributed by atoms with Gasteiger partial charge in [-0.2, -0.15) is 14.3 Å². The highest BCUT2D eigenvalue weighted by Crippen LogP contribution is 2.30. The number of aryl methyl sites for hydroxylation is 1. The summed E-state index contributed by atoms with van der Waals surface area (Å²) in [5, 5.41) is 19.2. The van der Waals surface area contributed by atoms with E-state index in [9.17, 15) is 9.18 Å². The van der Waals surface area contributed by atoms with Crippen LogP contribution in [0.15, 0.2) is 24.3 Å². The number of tetrazole rings is 1. The third kappa shape index (κ3) is 4.05. The standard InChI is InChI=1S/C18H21FN8O/c1-12-10-16(27(23-12)13-6-3-2-4-7-13)21-17(28)11-26-24-18(22-25-26)14-8-5-9-15(19)20-14/h5,8-10,13H,2-4,6-7,11H2,1H3,(H,21,28). The number of aromatic nitrogens is 7. The summed E-state index contributed by atoms with van der Waals surface area (Å²) in [5.41, 5.74) is 1.12. The van der Waals surface area contributed by atoms with Crippen LogP contribution in [0.25, 0.3) is 11.5 Å². The highest BCUT2D eigenvalue weighted by molar-refractivity contribution is 5.89. The Morgan fingerprint density at radius 1 is 1.25 bits per heavy atom. The maximum Gasteiger partial charge on any atom is 0.249 e. The first kappa shape index (κ1) is 18.2. The Morgan fingerprint density at radius 2 is 2.07 bits per heavy atom. The zero-order valence-electron chi connectivity index (χ0n) is 15.5. The molecular formula is C18H21FN8O. The predicted octanol–water partition coefficient (Wildman–Crippen LogP) is 2.52. The number of hydrogen-bond donors (Lipinski definition) is 1. The van der Waals surface area contributed by atoms with E-state index in [-0.39, 0.29) is 24.0 Å².